The minimum absolute atomic E-state index is 0.228. The van der Waals surface area contributed by atoms with E-state index < -0.39 is 0 Å². The standard InChI is InChI=1S/C13H12O2/c14-13-12(7-4-10-15-13)9-8-11-5-2-1-3-6-11/h1-3,5-9H,4,10H2. The molecule has 0 atom stereocenters. The van der Waals surface area contributed by atoms with Gasteiger partial charge in [0.2, 0.25) is 0 Å². The van der Waals surface area contributed by atoms with Gasteiger partial charge in [-0.25, -0.2) is 4.79 Å². The zero-order valence-electron chi connectivity index (χ0n) is 8.35. The summed E-state index contributed by atoms with van der Waals surface area (Å²) in [7, 11) is 0. The molecular formula is C13H12O2. The van der Waals surface area contributed by atoms with Crippen LogP contribution < -0.4 is 0 Å². The van der Waals surface area contributed by atoms with Gasteiger partial charge in [0, 0.05) is 6.42 Å². The van der Waals surface area contributed by atoms with Crippen molar-refractivity contribution >= 4 is 12.0 Å². The van der Waals surface area contributed by atoms with Crippen molar-refractivity contribution in [1.82, 2.24) is 0 Å². The van der Waals surface area contributed by atoms with E-state index in [4.69, 9.17) is 4.74 Å². The Morgan fingerprint density at radius 2 is 1.93 bits per heavy atom. The largest absolute Gasteiger partial charge is 0.462 e. The van der Waals surface area contributed by atoms with E-state index in [0.717, 1.165) is 12.0 Å². The molecule has 0 spiro atoms. The Kier molecular flexibility index (Phi) is 2.98. The molecule has 0 fully saturated rings. The maximum absolute atomic E-state index is 11.3. The van der Waals surface area contributed by atoms with Gasteiger partial charge in [0.25, 0.3) is 0 Å². The fourth-order valence-corrected chi connectivity index (χ4v) is 1.42. The lowest BCUT2D eigenvalue weighted by Crippen LogP contribution is -2.11. The molecule has 2 nitrogen and oxygen atoms in total. The van der Waals surface area contributed by atoms with E-state index in [9.17, 15) is 4.79 Å². The molecule has 1 aromatic rings. The second-order valence-electron chi connectivity index (χ2n) is 3.33. The topological polar surface area (TPSA) is 26.3 Å². The van der Waals surface area contributed by atoms with Crippen LogP contribution in [-0.4, -0.2) is 12.6 Å². The zero-order valence-corrected chi connectivity index (χ0v) is 8.35. The number of hydrogen-bond donors (Lipinski definition) is 0. The number of benzene rings is 1. The van der Waals surface area contributed by atoms with E-state index in [1.165, 1.54) is 0 Å². The Balaban J connectivity index is 2.11. The Bertz CT molecular complexity index is 402. The Hall–Kier alpha value is -1.83. The number of carbonyl (C=O) groups is 1. The summed E-state index contributed by atoms with van der Waals surface area (Å²) in [5.41, 5.74) is 1.72. The minimum atomic E-state index is -0.228. The predicted octanol–water partition coefficient (Wildman–Crippen LogP) is 2.57. The monoisotopic (exact) mass is 200 g/mol. The van der Waals surface area contributed by atoms with Crippen LogP contribution in [0.15, 0.2) is 48.1 Å². The molecular weight excluding hydrogens is 188 g/mol. The fraction of sp³-hybridized carbons (Fsp3) is 0.154. The summed E-state index contributed by atoms with van der Waals surface area (Å²) in [6, 6.07) is 9.88. The van der Waals surface area contributed by atoms with E-state index in [1.54, 1.807) is 6.08 Å². The number of rotatable bonds is 2. The van der Waals surface area contributed by atoms with Crippen molar-refractivity contribution in [1.29, 1.82) is 0 Å². The molecule has 0 unspecified atom stereocenters. The maximum atomic E-state index is 11.3. The highest BCUT2D eigenvalue weighted by Gasteiger charge is 2.11. The van der Waals surface area contributed by atoms with Gasteiger partial charge in [-0.3, -0.25) is 0 Å². The fourth-order valence-electron chi connectivity index (χ4n) is 1.42. The quantitative estimate of drug-likeness (QED) is 0.686. The predicted molar refractivity (Wildman–Crippen MR) is 59.1 cm³/mol. The van der Waals surface area contributed by atoms with Crippen LogP contribution in [0.5, 0.6) is 0 Å². The van der Waals surface area contributed by atoms with Crippen LogP contribution in [0.2, 0.25) is 0 Å². The molecule has 0 aromatic heterocycles. The van der Waals surface area contributed by atoms with Gasteiger partial charge in [0.1, 0.15) is 0 Å². The van der Waals surface area contributed by atoms with Crippen LogP contribution in [0.4, 0.5) is 0 Å². The number of ether oxygens (including phenoxy) is 1. The molecule has 1 aromatic carbocycles. The van der Waals surface area contributed by atoms with Crippen LogP contribution >= 0.6 is 0 Å². The molecule has 1 heterocycles. The SMILES string of the molecule is O=C1OCCC=C1C=Cc1ccccc1. The third kappa shape index (κ3) is 2.56. The molecule has 0 amide bonds. The molecule has 2 rings (SSSR count). The second-order valence-corrected chi connectivity index (χ2v) is 3.33. The first-order valence-corrected chi connectivity index (χ1v) is 4.97. The summed E-state index contributed by atoms with van der Waals surface area (Å²) in [6.45, 7) is 0.501. The van der Waals surface area contributed by atoms with E-state index in [0.29, 0.717) is 12.2 Å². The third-order valence-electron chi connectivity index (χ3n) is 2.21. The highest BCUT2D eigenvalue weighted by Crippen LogP contribution is 2.11. The molecule has 0 radical (unpaired) electrons. The summed E-state index contributed by atoms with van der Waals surface area (Å²) < 4.78 is 4.92. The molecule has 0 aliphatic carbocycles. The molecule has 76 valence electrons. The Labute approximate surface area is 88.9 Å². The van der Waals surface area contributed by atoms with Gasteiger partial charge in [-0.15, -0.1) is 0 Å². The van der Waals surface area contributed by atoms with E-state index in [-0.39, 0.29) is 5.97 Å². The van der Waals surface area contributed by atoms with E-state index in [2.05, 4.69) is 0 Å². The molecule has 0 bridgehead atoms. The van der Waals surface area contributed by atoms with Crippen molar-refractivity contribution in [2.45, 2.75) is 6.42 Å². The third-order valence-corrected chi connectivity index (χ3v) is 2.21. The summed E-state index contributed by atoms with van der Waals surface area (Å²) in [5, 5.41) is 0. The average Bonchev–Trinajstić information content (AvgIpc) is 2.29. The normalized spacial score (nSPS) is 16.3. The lowest BCUT2D eigenvalue weighted by molar-refractivity contribution is -0.139. The van der Waals surface area contributed by atoms with E-state index in [1.807, 2.05) is 42.5 Å². The lowest BCUT2D eigenvalue weighted by Gasteiger charge is -2.09. The van der Waals surface area contributed by atoms with Gasteiger partial charge in [-0.2, -0.15) is 0 Å². The molecule has 0 saturated carbocycles. The summed E-state index contributed by atoms with van der Waals surface area (Å²) >= 11 is 0. The first-order chi connectivity index (χ1) is 7.36. The van der Waals surface area contributed by atoms with Crippen molar-refractivity contribution in [2.24, 2.45) is 0 Å². The number of hydrogen-bond acceptors (Lipinski definition) is 2. The smallest absolute Gasteiger partial charge is 0.337 e. The maximum Gasteiger partial charge on any atom is 0.337 e. The Morgan fingerprint density at radius 3 is 2.67 bits per heavy atom. The summed E-state index contributed by atoms with van der Waals surface area (Å²) in [5.74, 6) is -0.228. The van der Waals surface area contributed by atoms with Crippen LogP contribution in [-0.2, 0) is 9.53 Å². The second kappa shape index (κ2) is 4.60. The van der Waals surface area contributed by atoms with Gasteiger partial charge in [0.15, 0.2) is 0 Å². The van der Waals surface area contributed by atoms with Crippen LogP contribution in [0.1, 0.15) is 12.0 Å². The molecule has 1 aliphatic heterocycles. The molecule has 2 heteroatoms. The number of esters is 1. The summed E-state index contributed by atoms with van der Waals surface area (Å²) in [6.07, 6.45) is 6.43. The highest BCUT2D eigenvalue weighted by atomic mass is 16.5. The van der Waals surface area contributed by atoms with Crippen LogP contribution in [0, 0.1) is 0 Å². The van der Waals surface area contributed by atoms with Crippen molar-refractivity contribution in [3.8, 4) is 0 Å². The zero-order chi connectivity index (χ0) is 10.5. The van der Waals surface area contributed by atoms with Crippen molar-refractivity contribution in [2.75, 3.05) is 6.61 Å². The van der Waals surface area contributed by atoms with Gasteiger partial charge in [0.05, 0.1) is 12.2 Å². The van der Waals surface area contributed by atoms with Gasteiger partial charge in [-0.05, 0) is 11.6 Å². The summed E-state index contributed by atoms with van der Waals surface area (Å²) in [4.78, 5) is 11.3. The van der Waals surface area contributed by atoms with E-state index >= 15 is 0 Å². The average molecular weight is 200 g/mol. The van der Waals surface area contributed by atoms with Crippen LogP contribution in [0.25, 0.3) is 6.08 Å². The van der Waals surface area contributed by atoms with Gasteiger partial charge >= 0.3 is 5.97 Å². The molecule has 15 heavy (non-hydrogen) atoms. The lowest BCUT2D eigenvalue weighted by atomic mass is 10.1. The molecule has 0 N–H and O–H groups in total. The first kappa shape index (κ1) is 9.71. The van der Waals surface area contributed by atoms with Crippen molar-refractivity contribution in [3.05, 3.63) is 53.6 Å². The Morgan fingerprint density at radius 1 is 1.13 bits per heavy atom. The number of cyclic esters (lactones) is 1. The molecule has 0 saturated heterocycles. The first-order valence-electron chi connectivity index (χ1n) is 4.97. The minimum Gasteiger partial charge on any atom is -0.462 e. The van der Waals surface area contributed by atoms with Gasteiger partial charge < -0.3 is 4.74 Å². The van der Waals surface area contributed by atoms with Crippen molar-refractivity contribution < 1.29 is 9.53 Å². The highest BCUT2D eigenvalue weighted by molar-refractivity contribution is 5.93. The molecule has 1 aliphatic rings. The van der Waals surface area contributed by atoms with Crippen molar-refractivity contribution in [3.63, 3.8) is 0 Å². The van der Waals surface area contributed by atoms with Crippen LogP contribution in [0.3, 0.4) is 0 Å². The number of carbonyl (C=O) groups excluding carboxylic acids is 1. The van der Waals surface area contributed by atoms with Gasteiger partial charge in [-0.1, -0.05) is 42.5 Å².